The Labute approximate surface area is 105 Å². The van der Waals surface area contributed by atoms with Gasteiger partial charge < -0.3 is 10.5 Å². The summed E-state index contributed by atoms with van der Waals surface area (Å²) < 4.78 is 4.67. The van der Waals surface area contributed by atoms with E-state index in [4.69, 9.17) is 5.73 Å². The quantitative estimate of drug-likeness (QED) is 0.485. The van der Waals surface area contributed by atoms with Crippen molar-refractivity contribution in [1.82, 2.24) is 0 Å². The molecule has 0 aliphatic rings. The molecule has 0 saturated heterocycles. The van der Waals surface area contributed by atoms with E-state index in [1.165, 1.54) is 19.2 Å². The van der Waals surface area contributed by atoms with Crippen LogP contribution in [0.1, 0.15) is 18.9 Å². The Bertz CT molecular complexity index is 444. The summed E-state index contributed by atoms with van der Waals surface area (Å²) in [4.78, 5) is 21.6. The summed E-state index contributed by atoms with van der Waals surface area (Å²) in [5.74, 6) is -0.483. The molecule has 1 unspecified atom stereocenters. The van der Waals surface area contributed by atoms with Crippen molar-refractivity contribution in [2.75, 3.05) is 7.11 Å². The number of nitro benzene ring substituents is 1. The van der Waals surface area contributed by atoms with Crippen LogP contribution in [0.5, 0.6) is 0 Å². The molecule has 0 heterocycles. The summed E-state index contributed by atoms with van der Waals surface area (Å²) in [7, 11) is 1.29. The van der Waals surface area contributed by atoms with Crippen LogP contribution >= 0.6 is 0 Å². The van der Waals surface area contributed by atoms with Gasteiger partial charge in [-0.2, -0.15) is 0 Å². The van der Waals surface area contributed by atoms with Gasteiger partial charge in [0.05, 0.1) is 12.0 Å². The first-order valence-electron chi connectivity index (χ1n) is 5.53. The van der Waals surface area contributed by atoms with Gasteiger partial charge >= 0.3 is 5.97 Å². The first-order chi connectivity index (χ1) is 8.42. The number of hydrogen-bond donors (Lipinski definition) is 1. The highest BCUT2D eigenvalue weighted by molar-refractivity contribution is 5.80. The molecule has 0 fully saturated rings. The van der Waals surface area contributed by atoms with Crippen molar-refractivity contribution in [2.24, 2.45) is 5.73 Å². The zero-order valence-corrected chi connectivity index (χ0v) is 10.4. The second-order valence-corrected chi connectivity index (χ2v) is 4.10. The third kappa shape index (κ3) is 3.04. The molecule has 0 aliphatic carbocycles. The smallest absolute Gasteiger partial charge is 0.326 e. The van der Waals surface area contributed by atoms with Crippen LogP contribution in [0.4, 0.5) is 5.69 Å². The second-order valence-electron chi connectivity index (χ2n) is 4.10. The molecule has 0 saturated carbocycles. The number of carbonyl (C=O) groups is 1. The fourth-order valence-corrected chi connectivity index (χ4v) is 1.64. The van der Waals surface area contributed by atoms with Crippen molar-refractivity contribution in [1.29, 1.82) is 0 Å². The van der Waals surface area contributed by atoms with E-state index in [-0.39, 0.29) is 12.1 Å². The topological polar surface area (TPSA) is 95.5 Å². The van der Waals surface area contributed by atoms with Gasteiger partial charge in [0.2, 0.25) is 0 Å². The van der Waals surface area contributed by atoms with E-state index in [1.807, 2.05) is 0 Å². The van der Waals surface area contributed by atoms with E-state index in [1.54, 1.807) is 19.1 Å². The molecular weight excluding hydrogens is 236 g/mol. The van der Waals surface area contributed by atoms with Crippen molar-refractivity contribution >= 4 is 11.7 Å². The highest BCUT2D eigenvalue weighted by atomic mass is 16.6. The molecule has 1 aromatic rings. The number of rotatable bonds is 5. The molecule has 0 aliphatic heterocycles. The molecular formula is C12H16N2O4. The third-order valence-corrected chi connectivity index (χ3v) is 2.89. The van der Waals surface area contributed by atoms with Gasteiger partial charge in [0, 0.05) is 18.6 Å². The summed E-state index contributed by atoms with van der Waals surface area (Å²) >= 11 is 0. The number of non-ortho nitro benzene ring substituents is 1. The van der Waals surface area contributed by atoms with Crippen LogP contribution in [0.2, 0.25) is 0 Å². The number of ether oxygens (including phenoxy) is 1. The molecule has 6 heteroatoms. The molecule has 1 aromatic carbocycles. The first kappa shape index (κ1) is 14.1. The molecule has 18 heavy (non-hydrogen) atoms. The SMILES string of the molecule is CCC(N)(Cc1ccc([N+](=O)[O-])cc1)C(=O)OC. The van der Waals surface area contributed by atoms with E-state index in [9.17, 15) is 14.9 Å². The van der Waals surface area contributed by atoms with E-state index in [0.29, 0.717) is 6.42 Å². The van der Waals surface area contributed by atoms with Gasteiger partial charge in [0.1, 0.15) is 5.54 Å². The standard InChI is InChI=1S/C12H16N2O4/c1-3-12(13,11(15)18-2)8-9-4-6-10(7-5-9)14(16)17/h4-7H,3,8,13H2,1-2H3. The Morgan fingerprint density at radius 1 is 1.44 bits per heavy atom. The van der Waals surface area contributed by atoms with Crippen LogP contribution in [0.25, 0.3) is 0 Å². The molecule has 2 N–H and O–H groups in total. The van der Waals surface area contributed by atoms with Crippen LogP contribution in [0, 0.1) is 10.1 Å². The number of carbonyl (C=O) groups excluding carboxylic acids is 1. The first-order valence-corrected chi connectivity index (χ1v) is 5.53. The van der Waals surface area contributed by atoms with Crippen LogP contribution in [-0.4, -0.2) is 23.5 Å². The maximum atomic E-state index is 11.6. The van der Waals surface area contributed by atoms with Crippen molar-refractivity contribution in [3.63, 3.8) is 0 Å². The number of hydrogen-bond acceptors (Lipinski definition) is 5. The van der Waals surface area contributed by atoms with E-state index >= 15 is 0 Å². The second kappa shape index (κ2) is 5.59. The Hall–Kier alpha value is -1.95. The number of methoxy groups -OCH3 is 1. The van der Waals surface area contributed by atoms with Gasteiger partial charge in [-0.3, -0.25) is 14.9 Å². The van der Waals surface area contributed by atoms with E-state index < -0.39 is 16.4 Å². The molecule has 98 valence electrons. The predicted octanol–water partition coefficient (Wildman–Crippen LogP) is 1.42. The van der Waals surface area contributed by atoms with Gasteiger partial charge in [0.25, 0.3) is 5.69 Å². The summed E-state index contributed by atoms with van der Waals surface area (Å²) in [6.07, 6.45) is 0.713. The number of nitrogens with zero attached hydrogens (tertiary/aromatic N) is 1. The molecule has 0 amide bonds. The summed E-state index contributed by atoms with van der Waals surface area (Å²) in [5, 5.41) is 10.5. The van der Waals surface area contributed by atoms with Crippen molar-refractivity contribution < 1.29 is 14.5 Å². The maximum absolute atomic E-state index is 11.6. The lowest BCUT2D eigenvalue weighted by Crippen LogP contribution is -2.50. The lowest BCUT2D eigenvalue weighted by molar-refractivity contribution is -0.384. The molecule has 0 aromatic heterocycles. The maximum Gasteiger partial charge on any atom is 0.326 e. The molecule has 1 atom stereocenters. The zero-order valence-electron chi connectivity index (χ0n) is 10.4. The Morgan fingerprint density at radius 3 is 2.39 bits per heavy atom. The number of nitrogens with two attached hydrogens (primary N) is 1. The Kier molecular flexibility index (Phi) is 4.38. The average Bonchev–Trinajstić information content (AvgIpc) is 2.38. The van der Waals surface area contributed by atoms with Crippen LogP contribution in [-0.2, 0) is 16.0 Å². The summed E-state index contributed by atoms with van der Waals surface area (Å²) in [6.45, 7) is 1.79. The van der Waals surface area contributed by atoms with Crippen molar-refractivity contribution in [3.8, 4) is 0 Å². The molecule has 0 bridgehead atoms. The minimum Gasteiger partial charge on any atom is -0.468 e. The average molecular weight is 252 g/mol. The highest BCUT2D eigenvalue weighted by Crippen LogP contribution is 2.19. The fourth-order valence-electron chi connectivity index (χ4n) is 1.64. The van der Waals surface area contributed by atoms with Crippen LogP contribution in [0.3, 0.4) is 0 Å². The lowest BCUT2D eigenvalue weighted by atomic mass is 9.89. The molecule has 1 rings (SSSR count). The third-order valence-electron chi connectivity index (χ3n) is 2.89. The Morgan fingerprint density at radius 2 is 2.00 bits per heavy atom. The number of benzene rings is 1. The minimum atomic E-state index is -1.09. The normalized spacial score (nSPS) is 13.7. The number of esters is 1. The number of nitro groups is 1. The zero-order chi connectivity index (χ0) is 13.8. The summed E-state index contributed by atoms with van der Waals surface area (Å²) in [5.41, 5.74) is 5.65. The predicted molar refractivity (Wildman–Crippen MR) is 66.0 cm³/mol. The lowest BCUT2D eigenvalue weighted by Gasteiger charge is -2.24. The monoisotopic (exact) mass is 252 g/mol. The van der Waals surface area contributed by atoms with Gasteiger partial charge in [-0.25, -0.2) is 0 Å². The van der Waals surface area contributed by atoms with Crippen LogP contribution < -0.4 is 5.73 Å². The molecule has 0 radical (unpaired) electrons. The van der Waals surface area contributed by atoms with Gasteiger partial charge in [-0.1, -0.05) is 19.1 Å². The fraction of sp³-hybridized carbons (Fsp3) is 0.417. The largest absolute Gasteiger partial charge is 0.468 e. The van der Waals surface area contributed by atoms with Gasteiger partial charge in [0.15, 0.2) is 0 Å². The van der Waals surface area contributed by atoms with E-state index in [0.717, 1.165) is 5.56 Å². The van der Waals surface area contributed by atoms with Crippen molar-refractivity contribution in [2.45, 2.75) is 25.3 Å². The van der Waals surface area contributed by atoms with Crippen LogP contribution in [0.15, 0.2) is 24.3 Å². The Balaban J connectivity index is 2.89. The molecule has 0 spiro atoms. The highest BCUT2D eigenvalue weighted by Gasteiger charge is 2.33. The van der Waals surface area contributed by atoms with Crippen molar-refractivity contribution in [3.05, 3.63) is 39.9 Å². The van der Waals surface area contributed by atoms with Gasteiger partial charge in [-0.15, -0.1) is 0 Å². The summed E-state index contributed by atoms with van der Waals surface area (Å²) in [6, 6.07) is 5.97. The van der Waals surface area contributed by atoms with Gasteiger partial charge in [-0.05, 0) is 12.0 Å². The molecule has 6 nitrogen and oxygen atoms in total. The van der Waals surface area contributed by atoms with E-state index in [2.05, 4.69) is 4.74 Å². The minimum absolute atomic E-state index is 0.0101.